The third kappa shape index (κ3) is 3.92. The lowest BCUT2D eigenvalue weighted by Crippen LogP contribution is -2.34. The van der Waals surface area contributed by atoms with Crippen molar-refractivity contribution in [3.63, 3.8) is 0 Å². The Morgan fingerprint density at radius 3 is 2.66 bits per heavy atom. The minimum atomic E-state index is -0.472. The van der Waals surface area contributed by atoms with E-state index < -0.39 is 5.92 Å². The summed E-state index contributed by atoms with van der Waals surface area (Å²) in [6, 6.07) is 17.6. The molecule has 0 saturated heterocycles. The van der Waals surface area contributed by atoms with Crippen LogP contribution in [0.5, 0.6) is 0 Å². The van der Waals surface area contributed by atoms with Crippen molar-refractivity contribution in [2.75, 3.05) is 5.32 Å². The Balaban J connectivity index is 1.48. The van der Waals surface area contributed by atoms with Crippen LogP contribution in [0.3, 0.4) is 0 Å². The van der Waals surface area contributed by atoms with Crippen LogP contribution in [0.15, 0.2) is 54.6 Å². The van der Waals surface area contributed by atoms with E-state index in [1.54, 1.807) is 0 Å². The fourth-order valence-corrected chi connectivity index (χ4v) is 3.84. The molecule has 0 fully saturated rings. The molecule has 29 heavy (non-hydrogen) atoms. The Kier molecular flexibility index (Phi) is 5.16. The quantitative estimate of drug-likeness (QED) is 0.704. The van der Waals surface area contributed by atoms with Gasteiger partial charge in [-0.2, -0.15) is 5.10 Å². The van der Waals surface area contributed by atoms with Crippen molar-refractivity contribution in [1.82, 2.24) is 15.1 Å². The first-order valence-electron chi connectivity index (χ1n) is 9.76. The second-order valence-electron chi connectivity index (χ2n) is 7.40. The maximum atomic E-state index is 12.9. The molecule has 2 aromatic carbocycles. The maximum absolute atomic E-state index is 12.9. The monoisotopic (exact) mass is 388 g/mol. The van der Waals surface area contributed by atoms with Crippen molar-refractivity contribution in [1.29, 1.82) is 0 Å². The number of carbonyl (C=O) groups excluding carboxylic acids is 2. The summed E-state index contributed by atoms with van der Waals surface area (Å²) in [7, 11) is 0. The Bertz CT molecular complexity index is 1060. The minimum Gasteiger partial charge on any atom is -0.351 e. The molecule has 1 aromatic heterocycles. The van der Waals surface area contributed by atoms with E-state index in [9.17, 15) is 9.59 Å². The number of carbonyl (C=O) groups is 2. The van der Waals surface area contributed by atoms with Gasteiger partial charge in [-0.1, -0.05) is 48.5 Å². The van der Waals surface area contributed by atoms with Crippen molar-refractivity contribution in [2.45, 2.75) is 39.3 Å². The first-order valence-corrected chi connectivity index (χ1v) is 9.76. The highest BCUT2D eigenvalue weighted by Gasteiger charge is 2.30. The van der Waals surface area contributed by atoms with Crippen LogP contribution in [0.4, 0.5) is 5.69 Å². The summed E-state index contributed by atoms with van der Waals surface area (Å²) in [6.07, 6.45) is 0.161. The molecule has 2 amide bonds. The van der Waals surface area contributed by atoms with Crippen LogP contribution < -0.4 is 10.6 Å². The van der Waals surface area contributed by atoms with Crippen molar-refractivity contribution in [3.05, 3.63) is 82.7 Å². The lowest BCUT2D eigenvalue weighted by atomic mass is 9.90. The molecule has 4 rings (SSSR count). The lowest BCUT2D eigenvalue weighted by molar-refractivity contribution is -0.126. The molecule has 1 unspecified atom stereocenters. The zero-order chi connectivity index (χ0) is 20.4. The zero-order valence-electron chi connectivity index (χ0n) is 16.6. The second-order valence-corrected chi connectivity index (χ2v) is 7.40. The number of hydrogen-bond acceptors (Lipinski definition) is 3. The Morgan fingerprint density at radius 1 is 1.14 bits per heavy atom. The average molecular weight is 388 g/mol. The topological polar surface area (TPSA) is 76.0 Å². The third-order valence-corrected chi connectivity index (χ3v) is 5.46. The molecular formula is C23H24N4O2. The molecule has 2 N–H and O–H groups in total. The first-order chi connectivity index (χ1) is 14.0. The highest BCUT2D eigenvalue weighted by atomic mass is 16.2. The molecule has 0 aliphatic carbocycles. The van der Waals surface area contributed by atoms with Gasteiger partial charge in [0.15, 0.2) is 0 Å². The van der Waals surface area contributed by atoms with Crippen LogP contribution >= 0.6 is 0 Å². The van der Waals surface area contributed by atoms with Gasteiger partial charge in [-0.25, -0.2) is 0 Å². The molecule has 0 bridgehead atoms. The average Bonchev–Trinajstić information content (AvgIpc) is 2.99. The number of rotatable bonds is 5. The van der Waals surface area contributed by atoms with Gasteiger partial charge in [0, 0.05) is 29.9 Å². The first kappa shape index (κ1) is 18.9. The maximum Gasteiger partial charge on any atom is 0.228 e. The predicted molar refractivity (Wildman–Crippen MR) is 112 cm³/mol. The SMILES string of the molecule is Cc1nn(Cc2ccccc2)c(C)c1CNC(=O)C1CC(=O)Nc2ccccc21. The van der Waals surface area contributed by atoms with Gasteiger partial charge in [-0.05, 0) is 31.0 Å². The van der Waals surface area contributed by atoms with Crippen molar-refractivity contribution in [3.8, 4) is 0 Å². The van der Waals surface area contributed by atoms with Gasteiger partial charge in [-0.3, -0.25) is 14.3 Å². The van der Waals surface area contributed by atoms with Gasteiger partial charge in [0.1, 0.15) is 0 Å². The summed E-state index contributed by atoms with van der Waals surface area (Å²) >= 11 is 0. The molecule has 0 spiro atoms. The van der Waals surface area contributed by atoms with E-state index in [-0.39, 0.29) is 18.2 Å². The van der Waals surface area contributed by atoms with E-state index in [1.807, 2.05) is 61.0 Å². The van der Waals surface area contributed by atoms with E-state index in [0.717, 1.165) is 22.5 Å². The highest BCUT2D eigenvalue weighted by molar-refractivity contribution is 6.01. The lowest BCUT2D eigenvalue weighted by Gasteiger charge is -2.24. The van der Waals surface area contributed by atoms with Crippen LogP contribution in [0.1, 0.15) is 40.4 Å². The number of hydrogen-bond donors (Lipinski definition) is 2. The van der Waals surface area contributed by atoms with Crippen molar-refractivity contribution >= 4 is 17.5 Å². The summed E-state index contributed by atoms with van der Waals surface area (Å²) in [4.78, 5) is 24.9. The van der Waals surface area contributed by atoms with E-state index in [4.69, 9.17) is 0 Å². The van der Waals surface area contributed by atoms with Gasteiger partial charge < -0.3 is 10.6 Å². The van der Waals surface area contributed by atoms with E-state index in [0.29, 0.717) is 18.8 Å². The van der Waals surface area contributed by atoms with Crippen LogP contribution in [-0.2, 0) is 22.7 Å². The number of anilines is 1. The highest BCUT2D eigenvalue weighted by Crippen LogP contribution is 2.32. The number of nitrogens with one attached hydrogen (secondary N) is 2. The van der Waals surface area contributed by atoms with E-state index in [1.165, 1.54) is 5.56 Å². The smallest absolute Gasteiger partial charge is 0.228 e. The van der Waals surface area contributed by atoms with Crippen molar-refractivity contribution in [2.24, 2.45) is 0 Å². The molecule has 1 aliphatic rings. The van der Waals surface area contributed by atoms with Gasteiger partial charge in [-0.15, -0.1) is 0 Å². The number of aryl methyl sites for hydroxylation is 1. The van der Waals surface area contributed by atoms with Crippen LogP contribution in [-0.4, -0.2) is 21.6 Å². The van der Waals surface area contributed by atoms with Crippen molar-refractivity contribution < 1.29 is 9.59 Å². The molecule has 1 aliphatic heterocycles. The molecule has 1 atom stereocenters. The Labute approximate surface area is 169 Å². The van der Waals surface area contributed by atoms with Gasteiger partial charge >= 0.3 is 0 Å². The second kappa shape index (κ2) is 7.91. The molecule has 3 aromatic rings. The fourth-order valence-electron chi connectivity index (χ4n) is 3.84. The standard InChI is InChI=1S/C23H24N4O2/c1-15-20(16(2)27(26-15)14-17-8-4-3-5-9-17)13-24-23(29)19-12-22(28)25-21-11-7-6-10-18(19)21/h3-11,19H,12-14H2,1-2H3,(H,24,29)(H,25,28). The number of fused-ring (bicyclic) bond motifs is 1. The largest absolute Gasteiger partial charge is 0.351 e. The molecule has 148 valence electrons. The van der Waals surface area contributed by atoms with Crippen LogP contribution in [0.2, 0.25) is 0 Å². The fraction of sp³-hybridized carbons (Fsp3) is 0.261. The number of nitrogens with zero attached hydrogens (tertiary/aromatic N) is 2. The molecule has 2 heterocycles. The third-order valence-electron chi connectivity index (χ3n) is 5.46. The van der Waals surface area contributed by atoms with E-state index in [2.05, 4.69) is 27.9 Å². The van der Waals surface area contributed by atoms with Crippen LogP contribution in [0.25, 0.3) is 0 Å². The van der Waals surface area contributed by atoms with Gasteiger partial charge in [0.2, 0.25) is 11.8 Å². The van der Waals surface area contributed by atoms with Gasteiger partial charge in [0.25, 0.3) is 0 Å². The molecular weight excluding hydrogens is 364 g/mol. The molecule has 0 saturated carbocycles. The molecule has 0 radical (unpaired) electrons. The number of amides is 2. The Hall–Kier alpha value is -3.41. The van der Waals surface area contributed by atoms with Crippen LogP contribution in [0, 0.1) is 13.8 Å². The summed E-state index contributed by atoms with van der Waals surface area (Å²) in [6.45, 7) is 5.07. The summed E-state index contributed by atoms with van der Waals surface area (Å²) < 4.78 is 1.97. The number of para-hydroxylation sites is 1. The molecule has 6 nitrogen and oxygen atoms in total. The Morgan fingerprint density at radius 2 is 1.86 bits per heavy atom. The normalized spacial score (nSPS) is 15.5. The van der Waals surface area contributed by atoms with E-state index >= 15 is 0 Å². The minimum absolute atomic E-state index is 0.133. The number of benzene rings is 2. The number of aromatic nitrogens is 2. The predicted octanol–water partition coefficient (Wildman–Crippen LogP) is 3.29. The van der Waals surface area contributed by atoms with Gasteiger partial charge in [0.05, 0.1) is 18.2 Å². The zero-order valence-corrected chi connectivity index (χ0v) is 16.6. The molecule has 6 heteroatoms. The summed E-state index contributed by atoms with van der Waals surface area (Å²) in [5.74, 6) is -0.742. The summed E-state index contributed by atoms with van der Waals surface area (Å²) in [5.41, 5.74) is 5.71. The summed E-state index contributed by atoms with van der Waals surface area (Å²) in [5, 5.41) is 10.5.